The van der Waals surface area contributed by atoms with Gasteiger partial charge in [-0.3, -0.25) is 4.57 Å². The lowest BCUT2D eigenvalue weighted by Crippen LogP contribution is -2.21. The maximum Gasteiger partial charge on any atom is 0.327 e. The highest BCUT2D eigenvalue weighted by atomic mass is 16.1. The van der Waals surface area contributed by atoms with E-state index in [1.165, 1.54) is 6.42 Å². The zero-order valence-corrected chi connectivity index (χ0v) is 8.66. The molecule has 1 heterocycles. The molecule has 0 fully saturated rings. The van der Waals surface area contributed by atoms with Gasteiger partial charge in [-0.25, -0.2) is 4.79 Å². The van der Waals surface area contributed by atoms with E-state index in [0.717, 1.165) is 18.9 Å². The molecular formula is C10H18N2O. The summed E-state index contributed by atoms with van der Waals surface area (Å²) in [7, 11) is 1.78. The topological polar surface area (TPSA) is 26.9 Å². The Morgan fingerprint density at radius 1 is 1.38 bits per heavy atom. The van der Waals surface area contributed by atoms with Gasteiger partial charge >= 0.3 is 5.69 Å². The van der Waals surface area contributed by atoms with Crippen molar-refractivity contribution in [3.8, 4) is 0 Å². The van der Waals surface area contributed by atoms with Crippen LogP contribution in [0.25, 0.3) is 0 Å². The summed E-state index contributed by atoms with van der Waals surface area (Å²) in [6.07, 6.45) is 5.92. The normalized spacial score (nSPS) is 11.1. The van der Waals surface area contributed by atoms with Crippen molar-refractivity contribution in [2.45, 2.75) is 33.2 Å². The van der Waals surface area contributed by atoms with Crippen molar-refractivity contribution in [1.82, 2.24) is 9.13 Å². The molecular weight excluding hydrogens is 164 g/mol. The van der Waals surface area contributed by atoms with E-state index in [2.05, 4.69) is 13.8 Å². The summed E-state index contributed by atoms with van der Waals surface area (Å²) in [6, 6.07) is 0. The molecule has 0 N–H and O–H groups in total. The number of rotatable bonds is 4. The monoisotopic (exact) mass is 182 g/mol. The molecule has 1 aromatic rings. The van der Waals surface area contributed by atoms with E-state index in [1.54, 1.807) is 22.4 Å². The molecule has 74 valence electrons. The minimum Gasteiger partial charge on any atom is -0.302 e. The van der Waals surface area contributed by atoms with Crippen molar-refractivity contribution in [3.63, 3.8) is 0 Å². The van der Waals surface area contributed by atoms with Crippen molar-refractivity contribution in [1.29, 1.82) is 0 Å². The Morgan fingerprint density at radius 3 is 2.54 bits per heavy atom. The number of hydrogen-bond donors (Lipinski definition) is 0. The predicted octanol–water partition coefficient (Wildman–Crippen LogP) is 1.62. The molecule has 0 aromatic carbocycles. The third kappa shape index (κ3) is 2.76. The highest BCUT2D eigenvalue weighted by Crippen LogP contribution is 2.03. The van der Waals surface area contributed by atoms with E-state index in [1.807, 2.05) is 6.20 Å². The first-order valence-corrected chi connectivity index (χ1v) is 4.83. The summed E-state index contributed by atoms with van der Waals surface area (Å²) in [5.74, 6) is 0.722. The zero-order chi connectivity index (χ0) is 9.84. The second kappa shape index (κ2) is 4.30. The highest BCUT2D eigenvalue weighted by molar-refractivity contribution is 4.79. The molecule has 0 bridgehead atoms. The van der Waals surface area contributed by atoms with Crippen molar-refractivity contribution in [3.05, 3.63) is 22.9 Å². The van der Waals surface area contributed by atoms with E-state index in [9.17, 15) is 4.79 Å². The molecule has 1 rings (SSSR count). The van der Waals surface area contributed by atoms with Crippen LogP contribution in [-0.4, -0.2) is 9.13 Å². The Kier molecular flexibility index (Phi) is 3.34. The van der Waals surface area contributed by atoms with E-state index in [4.69, 9.17) is 0 Å². The van der Waals surface area contributed by atoms with Gasteiger partial charge < -0.3 is 4.57 Å². The molecule has 3 heteroatoms. The SMILES string of the molecule is CC(C)CCCn1ccn(C)c1=O. The largest absolute Gasteiger partial charge is 0.327 e. The maximum atomic E-state index is 11.4. The number of aryl methyl sites for hydroxylation is 2. The molecule has 0 saturated heterocycles. The van der Waals surface area contributed by atoms with Crippen molar-refractivity contribution in [2.75, 3.05) is 0 Å². The standard InChI is InChI=1S/C10H18N2O/c1-9(2)5-4-6-12-8-7-11(3)10(12)13/h7-9H,4-6H2,1-3H3. The van der Waals surface area contributed by atoms with Gasteiger partial charge in [-0.2, -0.15) is 0 Å². The number of aromatic nitrogens is 2. The minimum absolute atomic E-state index is 0.0868. The van der Waals surface area contributed by atoms with Gasteiger partial charge in [0, 0.05) is 26.0 Å². The number of hydrogen-bond acceptors (Lipinski definition) is 1. The van der Waals surface area contributed by atoms with Crippen LogP contribution in [0.3, 0.4) is 0 Å². The predicted molar refractivity (Wildman–Crippen MR) is 53.7 cm³/mol. The fraction of sp³-hybridized carbons (Fsp3) is 0.700. The molecule has 0 aliphatic heterocycles. The maximum absolute atomic E-state index is 11.4. The Balaban J connectivity index is 2.46. The second-order valence-electron chi connectivity index (χ2n) is 3.92. The Morgan fingerprint density at radius 2 is 2.08 bits per heavy atom. The molecule has 3 nitrogen and oxygen atoms in total. The first-order valence-electron chi connectivity index (χ1n) is 4.83. The van der Waals surface area contributed by atoms with Gasteiger partial charge in [0.2, 0.25) is 0 Å². The zero-order valence-electron chi connectivity index (χ0n) is 8.66. The van der Waals surface area contributed by atoms with Gasteiger partial charge in [-0.15, -0.1) is 0 Å². The fourth-order valence-corrected chi connectivity index (χ4v) is 1.35. The van der Waals surface area contributed by atoms with Crippen LogP contribution in [0.15, 0.2) is 17.2 Å². The summed E-state index contributed by atoms with van der Waals surface area (Å²) in [5.41, 5.74) is 0.0868. The Labute approximate surface area is 79.0 Å². The van der Waals surface area contributed by atoms with Crippen LogP contribution in [0.2, 0.25) is 0 Å². The summed E-state index contributed by atoms with van der Waals surface area (Å²) >= 11 is 0. The molecule has 0 unspecified atom stereocenters. The van der Waals surface area contributed by atoms with Gasteiger partial charge in [0.05, 0.1) is 0 Å². The number of imidazole rings is 1. The van der Waals surface area contributed by atoms with E-state index in [-0.39, 0.29) is 5.69 Å². The van der Waals surface area contributed by atoms with Crippen LogP contribution < -0.4 is 5.69 Å². The summed E-state index contributed by atoms with van der Waals surface area (Å²) < 4.78 is 3.37. The summed E-state index contributed by atoms with van der Waals surface area (Å²) in [4.78, 5) is 11.4. The molecule has 0 atom stereocenters. The lowest BCUT2D eigenvalue weighted by molar-refractivity contribution is 0.503. The third-order valence-electron chi connectivity index (χ3n) is 2.20. The Bertz CT molecular complexity index is 309. The van der Waals surface area contributed by atoms with Gasteiger partial charge in [-0.05, 0) is 18.8 Å². The average Bonchev–Trinajstić information content (AvgIpc) is 2.35. The molecule has 0 aliphatic rings. The van der Waals surface area contributed by atoms with Gasteiger partial charge in [0.25, 0.3) is 0 Å². The number of nitrogens with zero attached hydrogens (tertiary/aromatic N) is 2. The Hall–Kier alpha value is -0.990. The minimum atomic E-state index is 0.0868. The lowest BCUT2D eigenvalue weighted by Gasteiger charge is -2.03. The van der Waals surface area contributed by atoms with Crippen LogP contribution in [-0.2, 0) is 13.6 Å². The summed E-state index contributed by atoms with van der Waals surface area (Å²) in [6.45, 7) is 5.25. The molecule has 0 amide bonds. The molecule has 0 radical (unpaired) electrons. The van der Waals surface area contributed by atoms with Gasteiger partial charge in [0.15, 0.2) is 0 Å². The van der Waals surface area contributed by atoms with Crippen LogP contribution in [0.1, 0.15) is 26.7 Å². The average molecular weight is 182 g/mol. The third-order valence-corrected chi connectivity index (χ3v) is 2.20. The lowest BCUT2D eigenvalue weighted by atomic mass is 10.1. The molecule has 0 spiro atoms. The van der Waals surface area contributed by atoms with E-state index in [0.29, 0.717) is 0 Å². The van der Waals surface area contributed by atoms with Crippen LogP contribution in [0.5, 0.6) is 0 Å². The molecule has 1 aromatic heterocycles. The van der Waals surface area contributed by atoms with E-state index < -0.39 is 0 Å². The quantitative estimate of drug-likeness (QED) is 0.695. The first-order chi connectivity index (χ1) is 6.11. The first kappa shape index (κ1) is 10.1. The summed E-state index contributed by atoms with van der Waals surface area (Å²) in [5, 5.41) is 0. The highest BCUT2D eigenvalue weighted by Gasteiger charge is 1.99. The van der Waals surface area contributed by atoms with Crippen molar-refractivity contribution in [2.24, 2.45) is 13.0 Å². The van der Waals surface area contributed by atoms with Crippen LogP contribution in [0, 0.1) is 5.92 Å². The molecule has 0 aliphatic carbocycles. The van der Waals surface area contributed by atoms with Crippen LogP contribution >= 0.6 is 0 Å². The van der Waals surface area contributed by atoms with E-state index >= 15 is 0 Å². The smallest absolute Gasteiger partial charge is 0.302 e. The van der Waals surface area contributed by atoms with Crippen molar-refractivity contribution >= 4 is 0 Å². The van der Waals surface area contributed by atoms with Gasteiger partial charge in [-0.1, -0.05) is 13.8 Å². The van der Waals surface area contributed by atoms with Crippen LogP contribution in [0.4, 0.5) is 0 Å². The van der Waals surface area contributed by atoms with Gasteiger partial charge in [0.1, 0.15) is 0 Å². The second-order valence-corrected chi connectivity index (χ2v) is 3.92. The molecule has 13 heavy (non-hydrogen) atoms. The fourth-order valence-electron chi connectivity index (χ4n) is 1.35. The van der Waals surface area contributed by atoms with Crippen molar-refractivity contribution < 1.29 is 0 Å². The molecule has 0 saturated carbocycles.